The summed E-state index contributed by atoms with van der Waals surface area (Å²) in [7, 11) is 0. The molecule has 1 amide bonds. The van der Waals surface area contributed by atoms with Gasteiger partial charge in [-0.2, -0.15) is 0 Å². The monoisotopic (exact) mass is 301 g/mol. The van der Waals surface area contributed by atoms with Gasteiger partial charge in [0.2, 0.25) is 5.76 Å². The predicted molar refractivity (Wildman–Crippen MR) is 81.5 cm³/mol. The van der Waals surface area contributed by atoms with E-state index in [9.17, 15) is 9.59 Å². The maximum Gasteiger partial charge on any atom is 0.374 e. The van der Waals surface area contributed by atoms with Crippen LogP contribution in [0.5, 0.6) is 0 Å². The Morgan fingerprint density at radius 1 is 1.32 bits per heavy atom. The number of nitrogens with zero attached hydrogens (tertiary/aromatic N) is 1. The minimum atomic E-state index is -0.603. The van der Waals surface area contributed by atoms with Gasteiger partial charge in [0.05, 0.1) is 0 Å². The Kier molecular flexibility index (Phi) is 4.13. The minimum Gasteiger partial charge on any atom is -0.450 e. The third kappa shape index (κ3) is 2.98. The van der Waals surface area contributed by atoms with Crippen molar-refractivity contribution in [3.05, 3.63) is 36.1 Å². The van der Waals surface area contributed by atoms with E-state index in [4.69, 9.17) is 9.15 Å². The number of likely N-dealkylation sites (tertiary alicyclic amines) is 1. The summed E-state index contributed by atoms with van der Waals surface area (Å²) in [5.41, 5.74) is 0.630. The van der Waals surface area contributed by atoms with Gasteiger partial charge in [0.1, 0.15) is 5.58 Å². The standard InChI is InChI=1S/C17H19NO4/c1-12-6-4-5-9-18(12)16(19)11-21-17(20)15-10-13-7-2-3-8-14(13)22-15/h2-3,7-8,10,12H,4-6,9,11H2,1H3/t12-/m1/s1. The molecule has 0 aliphatic carbocycles. The van der Waals surface area contributed by atoms with Gasteiger partial charge in [-0.15, -0.1) is 0 Å². The van der Waals surface area contributed by atoms with Gasteiger partial charge in [-0.3, -0.25) is 4.79 Å². The molecule has 5 heteroatoms. The number of piperidine rings is 1. The van der Waals surface area contributed by atoms with Gasteiger partial charge in [-0.25, -0.2) is 4.79 Å². The number of hydrogen-bond acceptors (Lipinski definition) is 4. The number of ether oxygens (including phenoxy) is 1. The van der Waals surface area contributed by atoms with Crippen molar-refractivity contribution in [3.8, 4) is 0 Å². The van der Waals surface area contributed by atoms with E-state index < -0.39 is 5.97 Å². The van der Waals surface area contributed by atoms with Crippen molar-refractivity contribution in [2.24, 2.45) is 0 Å². The number of carbonyl (C=O) groups is 2. The van der Waals surface area contributed by atoms with Crippen molar-refractivity contribution in [3.63, 3.8) is 0 Å². The molecule has 1 aromatic carbocycles. The molecule has 22 heavy (non-hydrogen) atoms. The predicted octanol–water partition coefficient (Wildman–Crippen LogP) is 2.99. The highest BCUT2D eigenvalue weighted by Crippen LogP contribution is 2.20. The average molecular weight is 301 g/mol. The van der Waals surface area contributed by atoms with Gasteiger partial charge in [0, 0.05) is 18.0 Å². The first kappa shape index (κ1) is 14.6. The number of furan rings is 1. The second kappa shape index (κ2) is 6.22. The van der Waals surface area contributed by atoms with Crippen LogP contribution >= 0.6 is 0 Å². The van der Waals surface area contributed by atoms with Gasteiger partial charge in [0.25, 0.3) is 5.91 Å². The zero-order chi connectivity index (χ0) is 15.5. The van der Waals surface area contributed by atoms with Gasteiger partial charge in [0.15, 0.2) is 6.61 Å². The van der Waals surface area contributed by atoms with Crippen molar-refractivity contribution in [2.75, 3.05) is 13.2 Å². The zero-order valence-electron chi connectivity index (χ0n) is 12.6. The van der Waals surface area contributed by atoms with Crippen molar-refractivity contribution in [1.82, 2.24) is 4.90 Å². The number of para-hydroxylation sites is 1. The Labute approximate surface area is 128 Å². The summed E-state index contributed by atoms with van der Waals surface area (Å²) in [5.74, 6) is -0.619. The van der Waals surface area contributed by atoms with Crippen molar-refractivity contribution < 1.29 is 18.7 Å². The SMILES string of the molecule is C[C@@H]1CCCCN1C(=O)COC(=O)c1cc2ccccc2o1. The Morgan fingerprint density at radius 2 is 2.14 bits per heavy atom. The molecule has 1 saturated heterocycles. The lowest BCUT2D eigenvalue weighted by molar-refractivity contribution is -0.137. The van der Waals surface area contributed by atoms with E-state index in [0.29, 0.717) is 5.58 Å². The Hall–Kier alpha value is -2.30. The van der Waals surface area contributed by atoms with Crippen molar-refractivity contribution in [1.29, 1.82) is 0 Å². The Balaban J connectivity index is 1.60. The smallest absolute Gasteiger partial charge is 0.374 e. The molecule has 0 unspecified atom stereocenters. The van der Waals surface area contributed by atoms with Gasteiger partial charge < -0.3 is 14.1 Å². The second-order valence-electron chi connectivity index (χ2n) is 5.66. The summed E-state index contributed by atoms with van der Waals surface area (Å²) < 4.78 is 10.5. The Bertz CT molecular complexity index is 658. The van der Waals surface area contributed by atoms with Crippen LogP contribution in [0, 0.1) is 0 Å². The van der Waals surface area contributed by atoms with Crippen LogP contribution in [0.2, 0.25) is 0 Å². The van der Waals surface area contributed by atoms with E-state index >= 15 is 0 Å². The zero-order valence-corrected chi connectivity index (χ0v) is 12.6. The number of hydrogen-bond donors (Lipinski definition) is 0. The number of rotatable bonds is 3. The first-order valence-electron chi connectivity index (χ1n) is 7.60. The van der Waals surface area contributed by atoms with Crippen LogP contribution in [0.1, 0.15) is 36.7 Å². The first-order valence-corrected chi connectivity index (χ1v) is 7.60. The molecule has 0 spiro atoms. The quantitative estimate of drug-likeness (QED) is 0.818. The van der Waals surface area contributed by atoms with E-state index in [2.05, 4.69) is 0 Å². The molecule has 1 fully saturated rings. The summed E-state index contributed by atoms with van der Waals surface area (Å²) in [6.45, 7) is 2.53. The summed E-state index contributed by atoms with van der Waals surface area (Å²) in [6.07, 6.45) is 3.15. The number of carbonyl (C=O) groups excluding carboxylic acids is 2. The van der Waals surface area contributed by atoms with Crippen LogP contribution in [0.3, 0.4) is 0 Å². The summed E-state index contributed by atoms with van der Waals surface area (Å²) in [4.78, 5) is 25.9. The molecular formula is C17H19NO4. The third-order valence-corrected chi connectivity index (χ3v) is 4.08. The molecule has 5 nitrogen and oxygen atoms in total. The molecule has 0 radical (unpaired) electrons. The van der Waals surface area contributed by atoms with Gasteiger partial charge in [-0.1, -0.05) is 18.2 Å². The van der Waals surface area contributed by atoms with Crippen LogP contribution < -0.4 is 0 Å². The van der Waals surface area contributed by atoms with Crippen LogP contribution in [0.25, 0.3) is 11.0 Å². The fourth-order valence-corrected chi connectivity index (χ4v) is 2.83. The number of amides is 1. The first-order chi connectivity index (χ1) is 10.6. The number of benzene rings is 1. The molecule has 0 saturated carbocycles. The van der Waals surface area contributed by atoms with E-state index in [1.807, 2.05) is 25.1 Å². The molecule has 1 atom stereocenters. The van der Waals surface area contributed by atoms with Crippen LogP contribution in [0.4, 0.5) is 0 Å². The highest BCUT2D eigenvalue weighted by Gasteiger charge is 2.24. The van der Waals surface area contributed by atoms with Crippen LogP contribution in [-0.4, -0.2) is 36.0 Å². The molecule has 116 valence electrons. The maximum absolute atomic E-state index is 12.1. The fourth-order valence-electron chi connectivity index (χ4n) is 2.83. The van der Waals surface area contributed by atoms with E-state index in [1.165, 1.54) is 0 Å². The van der Waals surface area contributed by atoms with Gasteiger partial charge in [-0.05, 0) is 38.3 Å². The molecule has 0 bridgehead atoms. The van der Waals surface area contributed by atoms with E-state index in [1.54, 1.807) is 17.0 Å². The highest BCUT2D eigenvalue weighted by atomic mass is 16.5. The summed E-state index contributed by atoms with van der Waals surface area (Å²) >= 11 is 0. The van der Waals surface area contributed by atoms with Crippen molar-refractivity contribution in [2.45, 2.75) is 32.2 Å². The van der Waals surface area contributed by atoms with E-state index in [0.717, 1.165) is 31.2 Å². The largest absolute Gasteiger partial charge is 0.450 e. The van der Waals surface area contributed by atoms with Crippen LogP contribution in [0.15, 0.2) is 34.7 Å². The average Bonchev–Trinajstić information content (AvgIpc) is 2.97. The third-order valence-electron chi connectivity index (χ3n) is 4.08. The number of esters is 1. The lowest BCUT2D eigenvalue weighted by atomic mass is 10.0. The van der Waals surface area contributed by atoms with Crippen molar-refractivity contribution >= 4 is 22.8 Å². The summed E-state index contributed by atoms with van der Waals surface area (Å²) in [5, 5.41) is 0.838. The van der Waals surface area contributed by atoms with E-state index in [-0.39, 0.29) is 24.3 Å². The van der Waals surface area contributed by atoms with Crippen LogP contribution in [-0.2, 0) is 9.53 Å². The Morgan fingerprint density at radius 3 is 2.91 bits per heavy atom. The molecule has 1 aromatic heterocycles. The lowest BCUT2D eigenvalue weighted by Gasteiger charge is -2.33. The molecule has 1 aliphatic heterocycles. The van der Waals surface area contributed by atoms with Gasteiger partial charge >= 0.3 is 5.97 Å². The topological polar surface area (TPSA) is 59.8 Å². The highest BCUT2D eigenvalue weighted by molar-refractivity contribution is 5.93. The molecule has 2 heterocycles. The number of fused-ring (bicyclic) bond motifs is 1. The minimum absolute atomic E-state index is 0.126. The lowest BCUT2D eigenvalue weighted by Crippen LogP contribution is -2.44. The molecule has 1 aliphatic rings. The molecule has 3 rings (SSSR count). The molecular weight excluding hydrogens is 282 g/mol. The maximum atomic E-state index is 12.1. The molecule has 0 N–H and O–H groups in total. The fraction of sp³-hybridized carbons (Fsp3) is 0.412. The summed E-state index contributed by atoms with van der Waals surface area (Å²) in [6, 6.07) is 9.19. The second-order valence-corrected chi connectivity index (χ2v) is 5.66. The normalized spacial score (nSPS) is 18.4. The molecule has 2 aromatic rings.